The topological polar surface area (TPSA) is 45.8 Å². The van der Waals surface area contributed by atoms with Crippen LogP contribution < -0.4 is 5.56 Å². The van der Waals surface area contributed by atoms with E-state index >= 15 is 0 Å². The third kappa shape index (κ3) is 2.46. The van der Waals surface area contributed by atoms with Crippen LogP contribution in [-0.2, 0) is 6.42 Å². The van der Waals surface area contributed by atoms with Crippen molar-refractivity contribution >= 4 is 0 Å². The number of aromatic nitrogens is 2. The van der Waals surface area contributed by atoms with Gasteiger partial charge in [-0.15, -0.1) is 0 Å². The highest BCUT2D eigenvalue weighted by molar-refractivity contribution is 5.62. The monoisotopic (exact) mass is 256 g/mol. The van der Waals surface area contributed by atoms with Crippen LogP contribution in [0.5, 0.6) is 0 Å². The number of nitrogens with zero attached hydrogens (tertiary/aromatic N) is 1. The summed E-state index contributed by atoms with van der Waals surface area (Å²) in [7, 11) is 0. The SMILES string of the molecule is CCc1c(C)nc(-c2cc(C)c(C)cc2C)[nH]c1=O. The number of rotatable bonds is 2. The smallest absolute Gasteiger partial charge is 0.254 e. The summed E-state index contributed by atoms with van der Waals surface area (Å²) in [6.07, 6.45) is 0.709. The molecule has 0 saturated heterocycles. The van der Waals surface area contributed by atoms with Crippen molar-refractivity contribution in [3.63, 3.8) is 0 Å². The van der Waals surface area contributed by atoms with Crippen molar-refractivity contribution < 1.29 is 0 Å². The van der Waals surface area contributed by atoms with E-state index in [1.165, 1.54) is 11.1 Å². The Balaban J connectivity index is 2.67. The Bertz CT molecular complexity index is 684. The lowest BCUT2D eigenvalue weighted by atomic mass is 10.00. The van der Waals surface area contributed by atoms with Gasteiger partial charge in [0.2, 0.25) is 0 Å². The third-order valence-electron chi connectivity index (χ3n) is 3.67. The first-order chi connectivity index (χ1) is 8.93. The highest BCUT2D eigenvalue weighted by atomic mass is 16.1. The van der Waals surface area contributed by atoms with Gasteiger partial charge in [-0.1, -0.05) is 13.0 Å². The van der Waals surface area contributed by atoms with Crippen LogP contribution in [0.3, 0.4) is 0 Å². The van der Waals surface area contributed by atoms with Gasteiger partial charge in [-0.2, -0.15) is 0 Å². The predicted molar refractivity (Wildman–Crippen MR) is 78.6 cm³/mol. The van der Waals surface area contributed by atoms with Crippen molar-refractivity contribution in [2.24, 2.45) is 0 Å². The number of benzene rings is 1. The molecular weight excluding hydrogens is 236 g/mol. The van der Waals surface area contributed by atoms with Crippen LogP contribution in [0.25, 0.3) is 11.4 Å². The maximum Gasteiger partial charge on any atom is 0.254 e. The van der Waals surface area contributed by atoms with Crippen LogP contribution in [0, 0.1) is 27.7 Å². The number of aromatic amines is 1. The zero-order valence-corrected chi connectivity index (χ0v) is 12.2. The molecule has 2 aromatic rings. The summed E-state index contributed by atoms with van der Waals surface area (Å²) in [5, 5.41) is 0. The van der Waals surface area contributed by atoms with Crippen LogP contribution >= 0.6 is 0 Å². The molecule has 0 fully saturated rings. The van der Waals surface area contributed by atoms with Gasteiger partial charge >= 0.3 is 0 Å². The number of nitrogens with one attached hydrogen (secondary N) is 1. The summed E-state index contributed by atoms with van der Waals surface area (Å²) in [6, 6.07) is 4.22. The van der Waals surface area contributed by atoms with Crippen molar-refractivity contribution in [2.75, 3.05) is 0 Å². The Morgan fingerprint density at radius 3 is 2.26 bits per heavy atom. The highest BCUT2D eigenvalue weighted by Gasteiger charge is 2.10. The summed E-state index contributed by atoms with van der Waals surface area (Å²) in [5.41, 5.74) is 6.17. The maximum atomic E-state index is 12.0. The second-order valence-corrected chi connectivity index (χ2v) is 5.08. The zero-order valence-electron chi connectivity index (χ0n) is 12.2. The molecule has 0 atom stereocenters. The van der Waals surface area contributed by atoms with Crippen LogP contribution in [0.2, 0.25) is 0 Å². The molecule has 0 saturated carbocycles. The van der Waals surface area contributed by atoms with Gasteiger partial charge in [0.25, 0.3) is 5.56 Å². The Morgan fingerprint density at radius 2 is 1.68 bits per heavy atom. The summed E-state index contributed by atoms with van der Waals surface area (Å²) in [5.74, 6) is 0.667. The maximum absolute atomic E-state index is 12.0. The fourth-order valence-electron chi connectivity index (χ4n) is 2.37. The summed E-state index contributed by atoms with van der Waals surface area (Å²) in [6.45, 7) is 10.1. The number of hydrogen-bond donors (Lipinski definition) is 1. The molecule has 0 unspecified atom stereocenters. The first kappa shape index (κ1) is 13.5. The summed E-state index contributed by atoms with van der Waals surface area (Å²) < 4.78 is 0. The van der Waals surface area contributed by atoms with Crippen molar-refractivity contribution in [1.29, 1.82) is 0 Å². The van der Waals surface area contributed by atoms with Gasteiger partial charge in [-0.05, 0) is 56.9 Å². The van der Waals surface area contributed by atoms with E-state index in [1.807, 2.05) is 20.8 Å². The largest absolute Gasteiger partial charge is 0.306 e. The standard InChI is InChI=1S/C16H20N2O/c1-6-13-12(5)17-15(18-16(13)19)14-8-10(3)9(2)7-11(14)4/h7-8H,6H2,1-5H3,(H,17,18,19). The van der Waals surface area contributed by atoms with Crippen LogP contribution in [0.15, 0.2) is 16.9 Å². The predicted octanol–water partition coefficient (Wildman–Crippen LogP) is 3.23. The van der Waals surface area contributed by atoms with Crippen molar-refractivity contribution in [3.8, 4) is 11.4 Å². The van der Waals surface area contributed by atoms with Crippen molar-refractivity contribution in [1.82, 2.24) is 9.97 Å². The number of H-pyrrole nitrogens is 1. The Morgan fingerprint density at radius 1 is 1.05 bits per heavy atom. The molecule has 0 bridgehead atoms. The van der Waals surface area contributed by atoms with Crippen molar-refractivity contribution in [2.45, 2.75) is 41.0 Å². The van der Waals surface area contributed by atoms with Gasteiger partial charge in [0.1, 0.15) is 5.82 Å². The van der Waals surface area contributed by atoms with Crippen LogP contribution in [-0.4, -0.2) is 9.97 Å². The number of aryl methyl sites for hydroxylation is 4. The van der Waals surface area contributed by atoms with Crippen LogP contribution in [0.1, 0.15) is 34.9 Å². The average Bonchev–Trinajstić information content (AvgIpc) is 2.33. The molecule has 1 N–H and O–H groups in total. The molecule has 0 radical (unpaired) electrons. The molecule has 1 aromatic carbocycles. The lowest BCUT2D eigenvalue weighted by Gasteiger charge is -2.11. The molecule has 1 aromatic heterocycles. The van der Waals surface area contributed by atoms with Gasteiger partial charge in [0, 0.05) is 16.8 Å². The lowest BCUT2D eigenvalue weighted by molar-refractivity contribution is 0.966. The normalized spacial score (nSPS) is 10.8. The average molecular weight is 256 g/mol. The molecule has 0 aliphatic rings. The molecule has 0 aliphatic heterocycles. The molecule has 2 rings (SSSR count). The van der Waals surface area contributed by atoms with E-state index in [4.69, 9.17) is 0 Å². The Hall–Kier alpha value is -1.90. The molecule has 0 aliphatic carbocycles. The Labute approximate surface area is 113 Å². The second kappa shape index (κ2) is 5.00. The summed E-state index contributed by atoms with van der Waals surface area (Å²) >= 11 is 0. The fraction of sp³-hybridized carbons (Fsp3) is 0.375. The minimum atomic E-state index is -0.0253. The number of hydrogen-bond acceptors (Lipinski definition) is 2. The Kier molecular flexibility index (Phi) is 3.56. The van der Waals surface area contributed by atoms with Gasteiger partial charge in [0.05, 0.1) is 0 Å². The molecule has 0 spiro atoms. The van der Waals surface area contributed by atoms with E-state index < -0.39 is 0 Å². The van der Waals surface area contributed by atoms with Crippen molar-refractivity contribution in [3.05, 3.63) is 50.4 Å². The van der Waals surface area contributed by atoms with E-state index in [-0.39, 0.29) is 5.56 Å². The second-order valence-electron chi connectivity index (χ2n) is 5.08. The molecule has 3 heteroatoms. The minimum absolute atomic E-state index is 0.0253. The van der Waals surface area contributed by atoms with Gasteiger partial charge < -0.3 is 4.98 Å². The van der Waals surface area contributed by atoms with Crippen LogP contribution in [0.4, 0.5) is 0 Å². The molecule has 19 heavy (non-hydrogen) atoms. The molecular formula is C16H20N2O. The van der Waals surface area contributed by atoms with E-state index in [0.717, 1.165) is 22.4 Å². The third-order valence-corrected chi connectivity index (χ3v) is 3.67. The fourth-order valence-corrected chi connectivity index (χ4v) is 2.37. The lowest BCUT2D eigenvalue weighted by Crippen LogP contribution is -2.17. The minimum Gasteiger partial charge on any atom is -0.306 e. The highest BCUT2D eigenvalue weighted by Crippen LogP contribution is 2.23. The van der Waals surface area contributed by atoms with Gasteiger partial charge in [0.15, 0.2) is 0 Å². The van der Waals surface area contributed by atoms with Gasteiger partial charge in [-0.25, -0.2) is 4.98 Å². The zero-order chi connectivity index (χ0) is 14.2. The first-order valence-electron chi connectivity index (χ1n) is 6.62. The van der Waals surface area contributed by atoms with E-state index in [2.05, 4.69) is 35.9 Å². The molecule has 3 nitrogen and oxygen atoms in total. The molecule has 0 amide bonds. The summed E-state index contributed by atoms with van der Waals surface area (Å²) in [4.78, 5) is 19.5. The molecule has 1 heterocycles. The van der Waals surface area contributed by atoms with E-state index in [9.17, 15) is 4.79 Å². The van der Waals surface area contributed by atoms with Gasteiger partial charge in [-0.3, -0.25) is 4.79 Å². The first-order valence-corrected chi connectivity index (χ1v) is 6.62. The quantitative estimate of drug-likeness (QED) is 0.896. The van der Waals surface area contributed by atoms with E-state index in [1.54, 1.807) is 0 Å². The van der Waals surface area contributed by atoms with E-state index in [0.29, 0.717) is 12.2 Å². The molecule has 100 valence electrons.